The lowest BCUT2D eigenvalue weighted by molar-refractivity contribution is -0.438. The molecule has 2 aliphatic heterocycles. The van der Waals surface area contributed by atoms with Crippen molar-refractivity contribution in [3.05, 3.63) is 131 Å². The molecule has 2 heterocycles. The third-order valence-electron chi connectivity index (χ3n) is 14.5. The molecule has 4 aromatic carbocycles. The second-order valence-electron chi connectivity index (χ2n) is 19.6. The molecular formula is C57H69N2O2+. The molecule has 1 fully saturated rings. The Morgan fingerprint density at radius 3 is 2.18 bits per heavy atom. The summed E-state index contributed by atoms with van der Waals surface area (Å²) in [6.45, 7) is 15.7. The molecule has 2 aliphatic carbocycles. The zero-order chi connectivity index (χ0) is 42.7. The number of carbonyl (C=O) groups excluding carboxylic acids is 2. The number of carbonyl (C=O) groups is 2. The fourth-order valence-corrected chi connectivity index (χ4v) is 10.6. The molecule has 8 rings (SSSR count). The van der Waals surface area contributed by atoms with Gasteiger partial charge in [0.2, 0.25) is 5.69 Å². The topological polar surface area (TPSA) is 40.4 Å². The molecule has 4 aromatic rings. The van der Waals surface area contributed by atoms with E-state index >= 15 is 0 Å². The summed E-state index contributed by atoms with van der Waals surface area (Å²) in [6, 6.07) is 27.0. The molecule has 0 aromatic heterocycles. The van der Waals surface area contributed by atoms with Crippen molar-refractivity contribution in [2.45, 2.75) is 142 Å². The van der Waals surface area contributed by atoms with Crippen LogP contribution in [-0.4, -0.2) is 34.9 Å². The predicted octanol–water partition coefficient (Wildman–Crippen LogP) is 14.4. The maximum atomic E-state index is 12.6. The first kappa shape index (κ1) is 42.8. The van der Waals surface area contributed by atoms with Gasteiger partial charge in [-0.3, -0.25) is 9.59 Å². The molecule has 0 bridgehead atoms. The predicted molar refractivity (Wildman–Crippen MR) is 257 cm³/mol. The van der Waals surface area contributed by atoms with Crippen molar-refractivity contribution >= 4 is 50.2 Å². The van der Waals surface area contributed by atoms with Gasteiger partial charge in [0.05, 0.1) is 5.41 Å². The van der Waals surface area contributed by atoms with Gasteiger partial charge in [-0.05, 0) is 135 Å². The van der Waals surface area contributed by atoms with E-state index in [1.165, 1.54) is 66.6 Å². The van der Waals surface area contributed by atoms with Crippen molar-refractivity contribution in [3.8, 4) is 0 Å². The smallest absolute Gasteiger partial charge is 0.210 e. The van der Waals surface area contributed by atoms with Gasteiger partial charge in [0.15, 0.2) is 5.71 Å². The zero-order valence-electron chi connectivity index (χ0n) is 38.0. The number of unbranched alkanes of at least 4 members (excludes halogenated alkanes) is 4. The van der Waals surface area contributed by atoms with Gasteiger partial charge in [0, 0.05) is 72.1 Å². The number of hydrogen-bond donors (Lipinski definition) is 0. The minimum atomic E-state index is -0.152. The molecular weight excluding hydrogens is 745 g/mol. The van der Waals surface area contributed by atoms with E-state index in [-0.39, 0.29) is 16.7 Å². The molecule has 0 amide bonds. The number of benzene rings is 4. The number of anilines is 1. The number of ketones is 2. The third-order valence-corrected chi connectivity index (χ3v) is 14.5. The second kappa shape index (κ2) is 18.3. The molecule has 1 unspecified atom stereocenters. The summed E-state index contributed by atoms with van der Waals surface area (Å²) >= 11 is 0. The fraction of sp³-hybridized carbons (Fsp3) is 0.456. The lowest BCUT2D eigenvalue weighted by atomic mass is 9.79. The molecule has 1 saturated carbocycles. The Morgan fingerprint density at radius 2 is 1.44 bits per heavy atom. The number of Topliss-reactive ketones (excluding diaryl/α,β-unsaturated/α-hetero) is 2. The molecule has 0 N–H and O–H groups in total. The van der Waals surface area contributed by atoms with E-state index in [1.807, 2.05) is 0 Å². The van der Waals surface area contributed by atoms with Crippen molar-refractivity contribution in [2.24, 2.45) is 11.8 Å². The Kier molecular flexibility index (Phi) is 12.8. The molecule has 4 nitrogen and oxygen atoms in total. The molecule has 318 valence electrons. The SMILES string of the molecule is CCC(C)C(=O)CCCCCN1/C(=C/C=C2C=C(/C=C/C3=[N+](CCCCCC(=O)C4CC4)c4ccc5ccccc5c4C3(C)C)CCC/2)C(C)(C)c2c1ccc1ccccc21. The molecule has 61 heavy (non-hydrogen) atoms. The summed E-state index contributed by atoms with van der Waals surface area (Å²) in [5.74, 6) is 1.44. The number of rotatable bonds is 18. The Morgan fingerprint density at radius 1 is 0.754 bits per heavy atom. The molecule has 4 heteroatoms. The van der Waals surface area contributed by atoms with E-state index in [9.17, 15) is 9.59 Å². The first-order chi connectivity index (χ1) is 29.5. The highest BCUT2D eigenvalue weighted by Crippen LogP contribution is 2.51. The summed E-state index contributed by atoms with van der Waals surface area (Å²) in [6.07, 6.45) is 26.3. The summed E-state index contributed by atoms with van der Waals surface area (Å²) in [7, 11) is 0. The Hall–Kier alpha value is -4.83. The van der Waals surface area contributed by atoms with E-state index in [0.717, 1.165) is 96.6 Å². The van der Waals surface area contributed by atoms with Gasteiger partial charge in [-0.1, -0.05) is 107 Å². The lowest BCUT2D eigenvalue weighted by Gasteiger charge is -2.27. The van der Waals surface area contributed by atoms with Crippen LogP contribution < -0.4 is 4.90 Å². The van der Waals surface area contributed by atoms with Crippen LogP contribution in [0.3, 0.4) is 0 Å². The van der Waals surface area contributed by atoms with E-state index in [2.05, 4.69) is 154 Å². The van der Waals surface area contributed by atoms with Crippen LogP contribution in [0, 0.1) is 11.8 Å². The lowest BCUT2D eigenvalue weighted by Crippen LogP contribution is -2.28. The van der Waals surface area contributed by atoms with Gasteiger partial charge in [-0.15, -0.1) is 0 Å². The van der Waals surface area contributed by atoms with Crippen LogP contribution in [0.2, 0.25) is 0 Å². The van der Waals surface area contributed by atoms with Gasteiger partial charge >= 0.3 is 0 Å². The van der Waals surface area contributed by atoms with Crippen LogP contribution in [0.5, 0.6) is 0 Å². The van der Waals surface area contributed by atoms with E-state index in [4.69, 9.17) is 0 Å². The Labute approximate surface area is 366 Å². The molecule has 0 radical (unpaired) electrons. The normalized spacial score (nSPS) is 20.0. The van der Waals surface area contributed by atoms with Crippen LogP contribution in [-0.2, 0) is 20.4 Å². The highest BCUT2D eigenvalue weighted by atomic mass is 16.1. The number of hydrogen-bond acceptors (Lipinski definition) is 3. The summed E-state index contributed by atoms with van der Waals surface area (Å²) < 4.78 is 2.59. The van der Waals surface area contributed by atoms with Gasteiger partial charge in [0.25, 0.3) is 0 Å². The minimum absolute atomic E-state index is 0.146. The average molecular weight is 814 g/mol. The summed E-state index contributed by atoms with van der Waals surface area (Å²) in [5.41, 5.74) is 10.7. The zero-order valence-corrected chi connectivity index (χ0v) is 38.0. The second-order valence-corrected chi connectivity index (χ2v) is 19.6. The van der Waals surface area contributed by atoms with Crippen LogP contribution in [0.4, 0.5) is 11.4 Å². The van der Waals surface area contributed by atoms with Crippen LogP contribution >= 0.6 is 0 Å². The Balaban J connectivity index is 1.05. The number of allylic oxidation sites excluding steroid dienone is 8. The highest BCUT2D eigenvalue weighted by molar-refractivity contribution is 6.07. The van der Waals surface area contributed by atoms with E-state index in [0.29, 0.717) is 23.9 Å². The Bertz CT molecular complexity index is 2470. The standard InChI is InChI=1S/C57H69N2O2/c1-7-40(2)50(60)25-10-8-16-37-58-48-33-31-43-21-12-14-23-46(43)54(48)56(3,4)52(58)35-27-41-19-18-20-42(39-41)28-36-53-57(5,6)55-47-24-15-13-22-44(47)32-34-49(55)59(53)38-17-9-11-26-51(61)45-29-30-45/h12-15,21-24,27-28,31-36,39-40,45H,7-11,16-20,25-26,29-30,37-38H2,1-6H3/q+1. The average Bonchev–Trinajstić information content (AvgIpc) is 4.06. The van der Waals surface area contributed by atoms with Crippen molar-refractivity contribution in [3.63, 3.8) is 0 Å². The van der Waals surface area contributed by atoms with Crippen molar-refractivity contribution in [1.29, 1.82) is 0 Å². The third kappa shape index (κ3) is 8.93. The van der Waals surface area contributed by atoms with Crippen LogP contribution in [0.1, 0.15) is 143 Å². The van der Waals surface area contributed by atoms with Crippen molar-refractivity contribution < 1.29 is 14.2 Å². The highest BCUT2D eigenvalue weighted by Gasteiger charge is 2.45. The minimum Gasteiger partial charge on any atom is -0.344 e. The van der Waals surface area contributed by atoms with E-state index in [1.54, 1.807) is 0 Å². The molecule has 4 aliphatic rings. The molecule has 1 atom stereocenters. The summed E-state index contributed by atoms with van der Waals surface area (Å²) in [5, 5.41) is 5.28. The van der Waals surface area contributed by atoms with Gasteiger partial charge in [-0.25, -0.2) is 0 Å². The van der Waals surface area contributed by atoms with E-state index < -0.39 is 0 Å². The molecule has 0 spiro atoms. The molecule has 0 saturated heterocycles. The fourth-order valence-electron chi connectivity index (χ4n) is 10.6. The monoisotopic (exact) mass is 814 g/mol. The van der Waals surface area contributed by atoms with Gasteiger partial charge < -0.3 is 4.90 Å². The van der Waals surface area contributed by atoms with Crippen molar-refractivity contribution in [1.82, 2.24) is 0 Å². The number of nitrogens with zero attached hydrogens (tertiary/aromatic N) is 2. The van der Waals surface area contributed by atoms with Gasteiger partial charge in [-0.2, -0.15) is 4.58 Å². The largest absolute Gasteiger partial charge is 0.344 e. The van der Waals surface area contributed by atoms with Crippen LogP contribution in [0.15, 0.2) is 120 Å². The quantitative estimate of drug-likeness (QED) is 0.0742. The van der Waals surface area contributed by atoms with Crippen molar-refractivity contribution in [2.75, 3.05) is 18.0 Å². The maximum absolute atomic E-state index is 12.6. The van der Waals surface area contributed by atoms with Gasteiger partial charge in [0.1, 0.15) is 18.1 Å². The maximum Gasteiger partial charge on any atom is 0.210 e. The first-order valence-electron chi connectivity index (χ1n) is 23.8. The van der Waals surface area contributed by atoms with Crippen LogP contribution in [0.25, 0.3) is 21.5 Å². The first-order valence-corrected chi connectivity index (χ1v) is 23.8. The summed E-state index contributed by atoms with van der Waals surface area (Å²) in [4.78, 5) is 27.6. The number of fused-ring (bicyclic) bond motifs is 6.